The van der Waals surface area contributed by atoms with Crippen molar-refractivity contribution < 1.29 is 80.2 Å². The van der Waals surface area contributed by atoms with Crippen LogP contribution in [-0.4, -0.2) is 96.7 Å². The monoisotopic (exact) mass is 1280 g/mol. The molecule has 0 spiro atoms. The van der Waals surface area contributed by atoms with Gasteiger partial charge >= 0.3 is 39.5 Å². The predicted molar refractivity (Wildman–Crippen MR) is 349 cm³/mol. The Bertz CT molecular complexity index is 1730. The van der Waals surface area contributed by atoms with E-state index in [1.807, 2.05) is 0 Å². The lowest BCUT2D eigenvalue weighted by molar-refractivity contribution is -0.161. The van der Waals surface area contributed by atoms with E-state index < -0.39 is 97.5 Å². The van der Waals surface area contributed by atoms with E-state index in [0.717, 1.165) is 115 Å². The highest BCUT2D eigenvalue weighted by Crippen LogP contribution is 2.45. The summed E-state index contributed by atoms with van der Waals surface area (Å²) >= 11 is 0. The van der Waals surface area contributed by atoms with Crippen molar-refractivity contribution in [3.05, 3.63) is 0 Å². The molecular formula is C68H132O17P2. The number of phosphoric acid groups is 2. The standard InChI is InChI=1S/C68H132O17P2/c1-58(2)44-36-28-20-15-12-10-9-11-13-17-23-34-42-50-67(72)84-63(54-78-65(70)48-40-32-25-19-22-30-38-46-60(5)6)56-82-86(74,75)80-52-62(69)53-81-87(76,77)83-57-64(55-79-66(71)49-41-33-27-26-31-39-47-61(7)8)85-68(73)51-43-35-24-18-14-16-21-29-37-45-59(3)4/h58-64,69H,9-57H2,1-8H3,(H,74,75)(H,76,77)/t62?,63-,64-/m1/s1. The molecule has 0 aromatic heterocycles. The molecule has 5 atom stereocenters. The van der Waals surface area contributed by atoms with E-state index in [2.05, 4.69) is 55.4 Å². The van der Waals surface area contributed by atoms with Crippen molar-refractivity contribution in [2.24, 2.45) is 23.7 Å². The van der Waals surface area contributed by atoms with Crippen LogP contribution < -0.4 is 0 Å². The molecule has 0 saturated carbocycles. The largest absolute Gasteiger partial charge is 0.472 e. The number of hydrogen-bond donors (Lipinski definition) is 3. The van der Waals surface area contributed by atoms with E-state index in [9.17, 15) is 43.2 Å². The summed E-state index contributed by atoms with van der Waals surface area (Å²) in [6.45, 7) is 14.0. The van der Waals surface area contributed by atoms with Crippen molar-refractivity contribution in [3.8, 4) is 0 Å². The number of esters is 4. The summed E-state index contributed by atoms with van der Waals surface area (Å²) in [5, 5.41) is 10.6. The van der Waals surface area contributed by atoms with E-state index in [1.54, 1.807) is 0 Å². The van der Waals surface area contributed by atoms with Gasteiger partial charge < -0.3 is 33.8 Å². The molecule has 3 N–H and O–H groups in total. The molecule has 0 aliphatic rings. The van der Waals surface area contributed by atoms with Crippen LogP contribution in [0.25, 0.3) is 0 Å². The molecule has 0 rings (SSSR count). The van der Waals surface area contributed by atoms with Crippen molar-refractivity contribution in [1.29, 1.82) is 0 Å². The van der Waals surface area contributed by atoms with Crippen LogP contribution in [0.4, 0.5) is 0 Å². The third-order valence-corrected chi connectivity index (χ3v) is 17.5. The Kier molecular flexibility index (Phi) is 56.6. The summed E-state index contributed by atoms with van der Waals surface area (Å²) in [6.07, 6.45) is 39.2. The van der Waals surface area contributed by atoms with Gasteiger partial charge in [-0.1, -0.05) is 280 Å². The average molecular weight is 1280 g/mol. The first-order valence-corrected chi connectivity index (χ1v) is 38.2. The highest BCUT2D eigenvalue weighted by atomic mass is 31.2. The van der Waals surface area contributed by atoms with Crippen molar-refractivity contribution in [1.82, 2.24) is 0 Å². The van der Waals surface area contributed by atoms with E-state index in [-0.39, 0.29) is 25.7 Å². The fourth-order valence-electron chi connectivity index (χ4n) is 10.1. The molecule has 3 unspecified atom stereocenters. The number of hydrogen-bond acceptors (Lipinski definition) is 15. The number of carbonyl (C=O) groups excluding carboxylic acids is 4. The molecule has 0 aromatic carbocycles. The van der Waals surface area contributed by atoms with Crippen LogP contribution in [0, 0.1) is 23.7 Å². The Morgan fingerprint density at radius 1 is 0.287 bits per heavy atom. The van der Waals surface area contributed by atoms with E-state index in [4.69, 9.17) is 37.0 Å². The van der Waals surface area contributed by atoms with Gasteiger partial charge in [-0.15, -0.1) is 0 Å². The van der Waals surface area contributed by atoms with Crippen LogP contribution >= 0.6 is 15.6 Å². The SMILES string of the molecule is CC(C)CCCCCCCCCCCCCCCC(=O)O[C@H](COC(=O)CCCCCCCCCC(C)C)COP(=O)(O)OCC(O)COP(=O)(O)OC[C@@H](COC(=O)CCCCCCCCC(C)C)OC(=O)CCCCCCCCCCCC(C)C. The molecule has 19 heteroatoms. The van der Waals surface area contributed by atoms with Crippen molar-refractivity contribution in [2.75, 3.05) is 39.6 Å². The minimum Gasteiger partial charge on any atom is -0.462 e. The number of carbonyl (C=O) groups is 4. The van der Waals surface area contributed by atoms with Crippen LogP contribution in [0.3, 0.4) is 0 Å². The molecule has 0 fully saturated rings. The Morgan fingerprint density at radius 2 is 0.483 bits per heavy atom. The Balaban J connectivity index is 5.23. The van der Waals surface area contributed by atoms with Crippen molar-refractivity contribution in [3.63, 3.8) is 0 Å². The van der Waals surface area contributed by atoms with Gasteiger partial charge in [0, 0.05) is 25.7 Å². The fraction of sp³-hybridized carbons (Fsp3) is 0.941. The first-order chi connectivity index (χ1) is 41.6. The number of aliphatic hydroxyl groups excluding tert-OH is 1. The number of unbranched alkanes of at least 4 members (excludes halogenated alkanes) is 31. The smallest absolute Gasteiger partial charge is 0.462 e. The normalized spacial score (nSPS) is 14.3. The molecule has 0 aliphatic carbocycles. The van der Waals surface area contributed by atoms with Crippen LogP contribution in [0.5, 0.6) is 0 Å². The van der Waals surface area contributed by atoms with Crippen LogP contribution in [-0.2, 0) is 65.4 Å². The fourth-order valence-corrected chi connectivity index (χ4v) is 11.7. The maximum Gasteiger partial charge on any atom is 0.472 e. The topological polar surface area (TPSA) is 237 Å². The Labute approximate surface area is 530 Å². The zero-order chi connectivity index (χ0) is 64.7. The van der Waals surface area contributed by atoms with Crippen LogP contribution in [0.2, 0.25) is 0 Å². The van der Waals surface area contributed by atoms with Crippen molar-refractivity contribution >= 4 is 39.5 Å². The van der Waals surface area contributed by atoms with E-state index >= 15 is 0 Å². The van der Waals surface area contributed by atoms with Gasteiger partial charge in [0.15, 0.2) is 12.2 Å². The number of rotatable bonds is 65. The van der Waals surface area contributed by atoms with Gasteiger partial charge in [0.05, 0.1) is 26.4 Å². The first-order valence-electron chi connectivity index (χ1n) is 35.2. The second-order valence-corrected chi connectivity index (χ2v) is 29.4. The summed E-state index contributed by atoms with van der Waals surface area (Å²) in [4.78, 5) is 72.4. The maximum absolute atomic E-state index is 13.0. The Morgan fingerprint density at radius 3 is 0.713 bits per heavy atom. The molecule has 0 heterocycles. The average Bonchev–Trinajstić information content (AvgIpc) is 3.67. The highest BCUT2D eigenvalue weighted by molar-refractivity contribution is 7.47. The lowest BCUT2D eigenvalue weighted by atomic mass is 10.0. The lowest BCUT2D eigenvalue weighted by Crippen LogP contribution is -2.30. The first kappa shape index (κ1) is 85.1. The number of phosphoric ester groups is 2. The van der Waals surface area contributed by atoms with Crippen LogP contribution in [0.1, 0.15) is 331 Å². The Hall–Kier alpha value is -1.94. The van der Waals surface area contributed by atoms with E-state index in [0.29, 0.717) is 37.5 Å². The molecule has 0 radical (unpaired) electrons. The maximum atomic E-state index is 13.0. The molecular weight excluding hydrogens is 1150 g/mol. The number of ether oxygens (including phenoxy) is 4. The van der Waals surface area contributed by atoms with Crippen LogP contribution in [0.15, 0.2) is 0 Å². The summed E-state index contributed by atoms with van der Waals surface area (Å²) in [5.41, 5.74) is 0. The zero-order valence-corrected chi connectivity index (χ0v) is 58.4. The van der Waals surface area contributed by atoms with Gasteiger partial charge in [-0.2, -0.15) is 0 Å². The van der Waals surface area contributed by atoms with Gasteiger partial charge in [0.1, 0.15) is 19.3 Å². The molecule has 516 valence electrons. The molecule has 0 aliphatic heterocycles. The third-order valence-electron chi connectivity index (χ3n) is 15.6. The van der Waals surface area contributed by atoms with Gasteiger partial charge in [-0.05, 0) is 49.4 Å². The lowest BCUT2D eigenvalue weighted by Gasteiger charge is -2.21. The molecule has 0 amide bonds. The van der Waals surface area contributed by atoms with Crippen molar-refractivity contribution in [2.45, 2.75) is 350 Å². The summed E-state index contributed by atoms with van der Waals surface area (Å²) in [7, 11) is -9.90. The van der Waals surface area contributed by atoms with Gasteiger partial charge in [0.25, 0.3) is 0 Å². The predicted octanol–water partition coefficient (Wildman–Crippen LogP) is 18.9. The zero-order valence-electron chi connectivity index (χ0n) is 56.6. The molecule has 0 bridgehead atoms. The van der Waals surface area contributed by atoms with Gasteiger partial charge in [-0.3, -0.25) is 37.3 Å². The summed E-state index contributed by atoms with van der Waals surface area (Å²) < 4.78 is 68.1. The third kappa shape index (κ3) is 62.6. The van der Waals surface area contributed by atoms with Gasteiger partial charge in [-0.25, -0.2) is 9.13 Å². The minimum absolute atomic E-state index is 0.104. The summed E-state index contributed by atoms with van der Waals surface area (Å²) in [5.74, 6) is 0.772. The van der Waals surface area contributed by atoms with Gasteiger partial charge in [0.2, 0.25) is 0 Å². The molecule has 0 aromatic rings. The number of aliphatic hydroxyl groups is 1. The second kappa shape index (κ2) is 57.9. The quantitative estimate of drug-likeness (QED) is 0.0222. The summed E-state index contributed by atoms with van der Waals surface area (Å²) in [6, 6.07) is 0. The highest BCUT2D eigenvalue weighted by Gasteiger charge is 2.30. The van der Waals surface area contributed by atoms with E-state index in [1.165, 1.54) is 122 Å². The molecule has 17 nitrogen and oxygen atoms in total. The minimum atomic E-state index is -4.95. The molecule has 87 heavy (non-hydrogen) atoms. The molecule has 0 saturated heterocycles. The second-order valence-electron chi connectivity index (χ2n) is 26.5.